The standard InChI is InChI=1S/C56H42N2/c1-39-17-25-45(26-18-39)57(47-29-21-43(22-30-47)41-11-5-3-6-12-41)49-33-35-53-54-36-34-50(38-56(54)52-16-10-9-15-51(52)55(53)37-49)58(46-27-19-40(2)20-28-46)48-31-23-44(24-32-48)42-13-7-4-8-14-42/h3-38H,1-2H3. The van der Waals surface area contributed by atoms with Crippen molar-refractivity contribution in [1.29, 1.82) is 0 Å². The number of aryl methyl sites for hydroxylation is 2. The van der Waals surface area contributed by atoms with Crippen molar-refractivity contribution < 1.29 is 0 Å². The fourth-order valence-corrected chi connectivity index (χ4v) is 8.36. The van der Waals surface area contributed by atoms with Crippen LogP contribution >= 0.6 is 0 Å². The minimum atomic E-state index is 1.12. The predicted molar refractivity (Wildman–Crippen MR) is 249 cm³/mol. The molecule has 0 aliphatic carbocycles. The highest BCUT2D eigenvalue weighted by molar-refractivity contribution is 6.26. The molecule has 10 aromatic rings. The van der Waals surface area contributed by atoms with E-state index in [0.717, 1.165) is 34.1 Å². The average molecular weight is 743 g/mol. The Morgan fingerprint density at radius 3 is 0.862 bits per heavy atom. The van der Waals surface area contributed by atoms with Crippen molar-refractivity contribution in [2.24, 2.45) is 0 Å². The van der Waals surface area contributed by atoms with E-state index in [1.807, 2.05) is 0 Å². The van der Waals surface area contributed by atoms with Crippen LogP contribution in [-0.2, 0) is 0 Å². The molecule has 0 aliphatic heterocycles. The van der Waals surface area contributed by atoms with E-state index in [1.165, 1.54) is 65.7 Å². The summed E-state index contributed by atoms with van der Waals surface area (Å²) in [6.45, 7) is 4.28. The average Bonchev–Trinajstić information content (AvgIpc) is 3.29. The number of fused-ring (bicyclic) bond motifs is 6. The second-order valence-electron chi connectivity index (χ2n) is 15.2. The maximum Gasteiger partial charge on any atom is 0.0468 e. The van der Waals surface area contributed by atoms with Gasteiger partial charge in [-0.05, 0) is 141 Å². The lowest BCUT2D eigenvalue weighted by Crippen LogP contribution is -2.10. The molecule has 0 fully saturated rings. The van der Waals surface area contributed by atoms with E-state index >= 15 is 0 Å². The van der Waals surface area contributed by atoms with Crippen molar-refractivity contribution in [2.75, 3.05) is 9.80 Å². The predicted octanol–water partition coefficient (Wildman–Crippen LogP) is 16.0. The number of benzene rings is 10. The molecule has 0 radical (unpaired) electrons. The monoisotopic (exact) mass is 742 g/mol. The minimum Gasteiger partial charge on any atom is -0.310 e. The van der Waals surface area contributed by atoms with Crippen LogP contribution in [0.25, 0.3) is 54.6 Å². The number of hydrogen-bond donors (Lipinski definition) is 0. The summed E-state index contributed by atoms with van der Waals surface area (Å²) in [4.78, 5) is 4.75. The summed E-state index contributed by atoms with van der Waals surface area (Å²) < 4.78 is 0. The number of hydrogen-bond acceptors (Lipinski definition) is 2. The van der Waals surface area contributed by atoms with Crippen LogP contribution in [0, 0.1) is 13.8 Å². The molecule has 0 heterocycles. The Morgan fingerprint density at radius 2 is 0.500 bits per heavy atom. The van der Waals surface area contributed by atoms with Crippen LogP contribution in [0.5, 0.6) is 0 Å². The maximum atomic E-state index is 2.38. The van der Waals surface area contributed by atoms with E-state index < -0.39 is 0 Å². The number of anilines is 6. The molecule has 0 atom stereocenters. The third-order valence-electron chi connectivity index (χ3n) is 11.4. The van der Waals surface area contributed by atoms with E-state index in [1.54, 1.807) is 0 Å². The van der Waals surface area contributed by atoms with Crippen LogP contribution in [0.4, 0.5) is 34.1 Å². The summed E-state index contributed by atoms with van der Waals surface area (Å²) in [5, 5.41) is 7.42. The zero-order valence-corrected chi connectivity index (χ0v) is 32.7. The van der Waals surface area contributed by atoms with E-state index in [9.17, 15) is 0 Å². The van der Waals surface area contributed by atoms with Gasteiger partial charge in [-0.1, -0.05) is 157 Å². The molecule has 0 unspecified atom stereocenters. The van der Waals surface area contributed by atoms with Crippen LogP contribution in [0.1, 0.15) is 11.1 Å². The molecule has 2 heteroatoms. The van der Waals surface area contributed by atoms with E-state index in [2.05, 4.69) is 242 Å². The molecule has 0 saturated heterocycles. The third-order valence-corrected chi connectivity index (χ3v) is 11.4. The SMILES string of the molecule is Cc1ccc(N(c2ccc(-c3ccccc3)cc2)c2ccc3c4ccc(N(c5ccc(C)cc5)c5ccc(-c6ccccc6)cc5)cc4c4ccccc4c3c2)cc1. The number of nitrogens with zero attached hydrogens (tertiary/aromatic N) is 2. The summed E-state index contributed by atoms with van der Waals surface area (Å²) in [5.74, 6) is 0. The van der Waals surface area contributed by atoms with Crippen molar-refractivity contribution in [3.8, 4) is 22.3 Å². The molecule has 0 aliphatic rings. The van der Waals surface area contributed by atoms with Gasteiger partial charge in [-0.15, -0.1) is 0 Å². The molecular formula is C56H42N2. The van der Waals surface area contributed by atoms with Crippen LogP contribution in [-0.4, -0.2) is 0 Å². The van der Waals surface area contributed by atoms with Gasteiger partial charge in [-0.3, -0.25) is 0 Å². The van der Waals surface area contributed by atoms with E-state index in [-0.39, 0.29) is 0 Å². The molecule has 0 bridgehead atoms. The van der Waals surface area contributed by atoms with Gasteiger partial charge in [0.05, 0.1) is 0 Å². The molecule has 10 aromatic carbocycles. The normalized spacial score (nSPS) is 11.3. The molecule has 10 rings (SSSR count). The molecular weight excluding hydrogens is 701 g/mol. The molecule has 0 aromatic heterocycles. The number of rotatable bonds is 8. The van der Waals surface area contributed by atoms with Gasteiger partial charge in [-0.2, -0.15) is 0 Å². The molecule has 0 saturated carbocycles. The Balaban J connectivity index is 1.11. The quantitative estimate of drug-likeness (QED) is 0.143. The van der Waals surface area contributed by atoms with Gasteiger partial charge in [0.25, 0.3) is 0 Å². The molecule has 0 amide bonds. The van der Waals surface area contributed by atoms with Crippen molar-refractivity contribution >= 4 is 66.4 Å². The highest BCUT2D eigenvalue weighted by Gasteiger charge is 2.18. The van der Waals surface area contributed by atoms with Gasteiger partial charge in [0.1, 0.15) is 0 Å². The molecule has 276 valence electrons. The Kier molecular flexibility index (Phi) is 9.01. The van der Waals surface area contributed by atoms with E-state index in [0.29, 0.717) is 0 Å². The first-order valence-electron chi connectivity index (χ1n) is 20.0. The molecule has 0 spiro atoms. The van der Waals surface area contributed by atoms with Gasteiger partial charge in [0.2, 0.25) is 0 Å². The fraction of sp³-hybridized carbons (Fsp3) is 0.0357. The summed E-state index contributed by atoms with van der Waals surface area (Å²) >= 11 is 0. The summed E-state index contributed by atoms with van der Waals surface area (Å²) in [5.41, 5.74) is 14.0. The first kappa shape index (κ1) is 35.0. The molecule has 0 N–H and O–H groups in total. The molecule has 2 nitrogen and oxygen atoms in total. The van der Waals surface area contributed by atoms with Crippen molar-refractivity contribution in [2.45, 2.75) is 13.8 Å². The van der Waals surface area contributed by atoms with Gasteiger partial charge < -0.3 is 9.80 Å². The lowest BCUT2D eigenvalue weighted by molar-refractivity contribution is 1.28. The lowest BCUT2D eigenvalue weighted by atomic mass is 9.93. The van der Waals surface area contributed by atoms with Crippen molar-refractivity contribution in [1.82, 2.24) is 0 Å². The van der Waals surface area contributed by atoms with E-state index in [4.69, 9.17) is 0 Å². The third kappa shape index (κ3) is 6.55. The zero-order chi connectivity index (χ0) is 39.0. The Hall–Kier alpha value is -7.42. The topological polar surface area (TPSA) is 6.48 Å². The van der Waals surface area contributed by atoms with Crippen molar-refractivity contribution in [3.63, 3.8) is 0 Å². The van der Waals surface area contributed by atoms with Gasteiger partial charge in [0, 0.05) is 34.1 Å². The summed E-state index contributed by atoms with van der Waals surface area (Å²) in [7, 11) is 0. The van der Waals surface area contributed by atoms with Crippen LogP contribution in [0.15, 0.2) is 218 Å². The van der Waals surface area contributed by atoms with Crippen LogP contribution < -0.4 is 9.80 Å². The highest BCUT2D eigenvalue weighted by atomic mass is 15.1. The summed E-state index contributed by atoms with van der Waals surface area (Å²) in [6, 6.07) is 79.5. The van der Waals surface area contributed by atoms with Gasteiger partial charge in [0.15, 0.2) is 0 Å². The first-order valence-corrected chi connectivity index (χ1v) is 20.0. The van der Waals surface area contributed by atoms with Crippen LogP contribution in [0.3, 0.4) is 0 Å². The van der Waals surface area contributed by atoms with Gasteiger partial charge in [-0.25, -0.2) is 0 Å². The zero-order valence-electron chi connectivity index (χ0n) is 32.7. The molecule has 58 heavy (non-hydrogen) atoms. The smallest absolute Gasteiger partial charge is 0.0468 e. The Morgan fingerprint density at radius 1 is 0.224 bits per heavy atom. The van der Waals surface area contributed by atoms with Crippen LogP contribution in [0.2, 0.25) is 0 Å². The Labute approximate surface area is 340 Å². The second kappa shape index (κ2) is 14.9. The fourth-order valence-electron chi connectivity index (χ4n) is 8.36. The van der Waals surface area contributed by atoms with Gasteiger partial charge >= 0.3 is 0 Å². The maximum absolute atomic E-state index is 2.38. The minimum absolute atomic E-state index is 1.12. The lowest BCUT2D eigenvalue weighted by Gasteiger charge is -2.27. The summed E-state index contributed by atoms with van der Waals surface area (Å²) in [6.07, 6.45) is 0. The Bertz CT molecular complexity index is 2790. The highest BCUT2D eigenvalue weighted by Crippen LogP contribution is 2.44. The van der Waals surface area contributed by atoms with Crippen molar-refractivity contribution in [3.05, 3.63) is 230 Å². The second-order valence-corrected chi connectivity index (χ2v) is 15.2. The largest absolute Gasteiger partial charge is 0.310 e. The first-order chi connectivity index (χ1) is 28.6.